The summed E-state index contributed by atoms with van der Waals surface area (Å²) in [7, 11) is 1.69. The maximum absolute atomic E-state index is 12.1. The highest BCUT2D eigenvalue weighted by atomic mass is 35.5. The highest BCUT2D eigenvalue weighted by Gasteiger charge is 2.33. The first-order valence-corrected chi connectivity index (χ1v) is 6.61. The van der Waals surface area contributed by atoms with Crippen LogP contribution >= 0.6 is 24.8 Å². The molecule has 2 N–H and O–H groups in total. The molecular formula is C14H23Cl2N3O2. The molecule has 0 spiro atoms. The van der Waals surface area contributed by atoms with Crippen molar-refractivity contribution in [2.45, 2.75) is 25.3 Å². The quantitative estimate of drug-likeness (QED) is 0.860. The van der Waals surface area contributed by atoms with Gasteiger partial charge in [0.1, 0.15) is 5.69 Å². The van der Waals surface area contributed by atoms with Gasteiger partial charge in [-0.2, -0.15) is 0 Å². The Labute approximate surface area is 138 Å². The fraction of sp³-hybridized carbons (Fsp3) is 0.571. The molecule has 1 aliphatic heterocycles. The first-order chi connectivity index (χ1) is 9.17. The van der Waals surface area contributed by atoms with Crippen LogP contribution in [0.15, 0.2) is 18.3 Å². The summed E-state index contributed by atoms with van der Waals surface area (Å²) in [6.45, 7) is 4.03. The number of pyridine rings is 1. The maximum atomic E-state index is 12.1. The van der Waals surface area contributed by atoms with Gasteiger partial charge in [0.15, 0.2) is 0 Å². The van der Waals surface area contributed by atoms with E-state index in [9.17, 15) is 4.79 Å². The van der Waals surface area contributed by atoms with Crippen LogP contribution in [0.2, 0.25) is 0 Å². The second-order valence-electron chi connectivity index (χ2n) is 5.10. The molecule has 1 atom stereocenters. The summed E-state index contributed by atoms with van der Waals surface area (Å²) >= 11 is 0. The lowest BCUT2D eigenvalue weighted by molar-refractivity contribution is 0.0887. The number of carbonyl (C=O) groups is 1. The zero-order chi connectivity index (χ0) is 13.7. The van der Waals surface area contributed by atoms with E-state index in [2.05, 4.69) is 15.6 Å². The molecule has 1 aromatic heterocycles. The zero-order valence-electron chi connectivity index (χ0n) is 12.3. The fourth-order valence-corrected chi connectivity index (χ4v) is 2.53. The Hall–Kier alpha value is -0.880. The molecule has 21 heavy (non-hydrogen) atoms. The molecule has 0 aromatic carbocycles. The number of ether oxygens (including phenoxy) is 1. The van der Waals surface area contributed by atoms with Crippen molar-refractivity contribution in [2.75, 3.05) is 26.8 Å². The second-order valence-corrected chi connectivity index (χ2v) is 5.10. The minimum Gasteiger partial charge on any atom is -0.383 e. The number of aromatic nitrogens is 1. The highest BCUT2D eigenvalue weighted by molar-refractivity contribution is 5.93. The van der Waals surface area contributed by atoms with Crippen LogP contribution in [0, 0.1) is 6.92 Å². The summed E-state index contributed by atoms with van der Waals surface area (Å²) in [6, 6.07) is 3.72. The molecule has 0 aliphatic carbocycles. The van der Waals surface area contributed by atoms with E-state index in [4.69, 9.17) is 4.74 Å². The summed E-state index contributed by atoms with van der Waals surface area (Å²) in [5, 5.41) is 6.40. The maximum Gasteiger partial charge on any atom is 0.270 e. The molecule has 1 unspecified atom stereocenters. The highest BCUT2D eigenvalue weighted by Crippen LogP contribution is 2.19. The van der Waals surface area contributed by atoms with Gasteiger partial charge in [0.25, 0.3) is 5.91 Å². The summed E-state index contributed by atoms with van der Waals surface area (Å²) in [6.07, 6.45) is 3.77. The summed E-state index contributed by atoms with van der Waals surface area (Å²) < 4.78 is 5.26. The second kappa shape index (κ2) is 9.20. The van der Waals surface area contributed by atoms with E-state index in [1.165, 1.54) is 0 Å². The Kier molecular flexibility index (Phi) is 8.82. The molecule has 1 amide bonds. The lowest BCUT2D eigenvalue weighted by atomic mass is 9.98. The Balaban J connectivity index is 0.00000200. The normalized spacial score (nSPS) is 20.3. The number of hydrogen-bond acceptors (Lipinski definition) is 4. The predicted molar refractivity (Wildman–Crippen MR) is 87.6 cm³/mol. The molecule has 2 rings (SSSR count). The van der Waals surface area contributed by atoms with Crippen LogP contribution in [0.3, 0.4) is 0 Å². The molecule has 5 nitrogen and oxygen atoms in total. The van der Waals surface area contributed by atoms with Crippen molar-refractivity contribution >= 4 is 30.7 Å². The number of carbonyl (C=O) groups excluding carboxylic acids is 1. The molecule has 1 fully saturated rings. The van der Waals surface area contributed by atoms with E-state index >= 15 is 0 Å². The topological polar surface area (TPSA) is 63.2 Å². The molecule has 2 heterocycles. The van der Waals surface area contributed by atoms with Crippen molar-refractivity contribution in [2.24, 2.45) is 0 Å². The molecule has 120 valence electrons. The Bertz CT molecular complexity index is 452. The molecule has 1 aromatic rings. The van der Waals surface area contributed by atoms with Gasteiger partial charge in [0.05, 0.1) is 12.1 Å². The zero-order valence-corrected chi connectivity index (χ0v) is 14.0. The molecule has 7 heteroatoms. The number of amides is 1. The number of halogens is 2. The van der Waals surface area contributed by atoms with E-state index in [0.717, 1.165) is 24.9 Å². The molecule has 1 aliphatic rings. The van der Waals surface area contributed by atoms with Crippen molar-refractivity contribution in [3.63, 3.8) is 0 Å². The Morgan fingerprint density at radius 3 is 2.86 bits per heavy atom. The first kappa shape index (κ1) is 20.1. The van der Waals surface area contributed by atoms with Crippen molar-refractivity contribution in [3.05, 3.63) is 29.6 Å². The molecule has 1 saturated heterocycles. The third-order valence-corrected chi connectivity index (χ3v) is 3.56. The smallest absolute Gasteiger partial charge is 0.270 e. The molecule has 0 radical (unpaired) electrons. The van der Waals surface area contributed by atoms with Crippen LogP contribution in [0.25, 0.3) is 0 Å². The Morgan fingerprint density at radius 1 is 1.52 bits per heavy atom. The third kappa shape index (κ3) is 5.11. The number of aryl methyl sites for hydroxylation is 1. The van der Waals surface area contributed by atoms with Gasteiger partial charge < -0.3 is 15.4 Å². The monoisotopic (exact) mass is 335 g/mol. The van der Waals surface area contributed by atoms with Crippen LogP contribution in [-0.2, 0) is 4.74 Å². The van der Waals surface area contributed by atoms with Gasteiger partial charge in [0.2, 0.25) is 0 Å². The fourth-order valence-electron chi connectivity index (χ4n) is 2.53. The summed E-state index contributed by atoms with van der Waals surface area (Å²) in [5.41, 5.74) is 1.25. The number of rotatable bonds is 5. The SMILES string of the molecule is COCC1(CNC(=O)c2ncccc2C)CCCN1.Cl.Cl. The standard InChI is InChI=1S/C14H21N3O2.2ClH/c1-11-5-3-7-15-12(11)13(18)16-9-14(10-19-2)6-4-8-17-14;;/h3,5,7,17H,4,6,8-10H2,1-2H3,(H,16,18);2*1H. The molecular weight excluding hydrogens is 313 g/mol. The van der Waals surface area contributed by atoms with E-state index < -0.39 is 0 Å². The van der Waals surface area contributed by atoms with Crippen LogP contribution in [0.5, 0.6) is 0 Å². The van der Waals surface area contributed by atoms with Crippen molar-refractivity contribution in [1.82, 2.24) is 15.6 Å². The van der Waals surface area contributed by atoms with Gasteiger partial charge in [-0.1, -0.05) is 6.07 Å². The average Bonchev–Trinajstić information content (AvgIpc) is 2.86. The van der Waals surface area contributed by atoms with Crippen LogP contribution in [0.4, 0.5) is 0 Å². The van der Waals surface area contributed by atoms with E-state index in [-0.39, 0.29) is 36.3 Å². The van der Waals surface area contributed by atoms with E-state index in [1.807, 2.05) is 19.1 Å². The van der Waals surface area contributed by atoms with Crippen LogP contribution in [-0.4, -0.2) is 43.2 Å². The average molecular weight is 336 g/mol. The number of nitrogens with one attached hydrogen (secondary N) is 2. The predicted octanol–water partition coefficient (Wildman–Crippen LogP) is 1.73. The molecule has 0 bridgehead atoms. The lowest BCUT2D eigenvalue weighted by Crippen LogP contribution is -2.53. The van der Waals surface area contributed by atoms with E-state index in [1.54, 1.807) is 13.3 Å². The van der Waals surface area contributed by atoms with Gasteiger partial charge >= 0.3 is 0 Å². The summed E-state index contributed by atoms with van der Waals surface area (Å²) in [5.74, 6) is -0.123. The van der Waals surface area contributed by atoms with Gasteiger partial charge in [-0.05, 0) is 37.9 Å². The lowest BCUT2D eigenvalue weighted by Gasteiger charge is -2.28. The van der Waals surface area contributed by atoms with Crippen molar-refractivity contribution < 1.29 is 9.53 Å². The molecule has 0 saturated carbocycles. The minimum absolute atomic E-state index is 0. The Morgan fingerprint density at radius 2 is 2.29 bits per heavy atom. The van der Waals surface area contributed by atoms with Gasteiger partial charge in [0, 0.05) is 19.9 Å². The largest absolute Gasteiger partial charge is 0.383 e. The number of methoxy groups -OCH3 is 1. The minimum atomic E-state index is -0.132. The first-order valence-electron chi connectivity index (χ1n) is 6.61. The summed E-state index contributed by atoms with van der Waals surface area (Å²) in [4.78, 5) is 16.3. The third-order valence-electron chi connectivity index (χ3n) is 3.56. The number of nitrogens with zero attached hydrogens (tertiary/aromatic N) is 1. The van der Waals surface area contributed by atoms with Gasteiger partial charge in [-0.3, -0.25) is 9.78 Å². The van der Waals surface area contributed by atoms with Crippen LogP contribution in [0.1, 0.15) is 28.9 Å². The van der Waals surface area contributed by atoms with Crippen molar-refractivity contribution in [1.29, 1.82) is 0 Å². The number of hydrogen-bond donors (Lipinski definition) is 2. The van der Waals surface area contributed by atoms with Gasteiger partial charge in [-0.25, -0.2) is 0 Å². The van der Waals surface area contributed by atoms with Crippen molar-refractivity contribution in [3.8, 4) is 0 Å². The van der Waals surface area contributed by atoms with Gasteiger partial charge in [-0.15, -0.1) is 24.8 Å². The van der Waals surface area contributed by atoms with E-state index in [0.29, 0.717) is 18.8 Å². The van der Waals surface area contributed by atoms with Crippen LogP contribution < -0.4 is 10.6 Å².